The van der Waals surface area contributed by atoms with Crippen molar-refractivity contribution < 1.29 is 19.0 Å². The molecular weight excluding hydrogens is 334 g/mol. The monoisotopic (exact) mass is 363 g/mol. The van der Waals surface area contributed by atoms with Gasteiger partial charge in [0.15, 0.2) is 5.96 Å². The van der Waals surface area contributed by atoms with Crippen LogP contribution in [0, 0.1) is 0 Å². The van der Waals surface area contributed by atoms with Crippen LogP contribution in [0.3, 0.4) is 0 Å². The minimum Gasteiger partial charge on any atom is -0.496 e. The Balaban J connectivity index is 2.04. The zero-order valence-electron chi connectivity index (χ0n) is 16.1. The third-order valence-electron chi connectivity index (χ3n) is 4.37. The average Bonchev–Trinajstić information content (AvgIpc) is 3.10. The van der Waals surface area contributed by atoms with Crippen molar-refractivity contribution >= 4 is 11.9 Å². The van der Waals surface area contributed by atoms with E-state index in [2.05, 4.69) is 22.5 Å². The number of carbonyl (C=O) groups excluding carboxylic acids is 1. The number of ether oxygens (including phenoxy) is 3. The van der Waals surface area contributed by atoms with E-state index in [4.69, 9.17) is 14.2 Å². The van der Waals surface area contributed by atoms with Gasteiger partial charge >= 0.3 is 5.97 Å². The van der Waals surface area contributed by atoms with E-state index >= 15 is 0 Å². The minimum absolute atomic E-state index is 0.137. The highest BCUT2D eigenvalue weighted by Crippen LogP contribution is 2.24. The number of nitrogens with one attached hydrogen (secondary N) is 2. The van der Waals surface area contributed by atoms with Crippen molar-refractivity contribution in [3.63, 3.8) is 0 Å². The van der Waals surface area contributed by atoms with Crippen LogP contribution in [-0.2, 0) is 16.0 Å². The van der Waals surface area contributed by atoms with Gasteiger partial charge in [-0.25, -0.2) is 9.79 Å². The van der Waals surface area contributed by atoms with Gasteiger partial charge in [0.2, 0.25) is 0 Å². The minimum atomic E-state index is -0.420. The molecule has 1 unspecified atom stereocenters. The molecule has 2 N–H and O–H groups in total. The summed E-state index contributed by atoms with van der Waals surface area (Å²) < 4.78 is 15.9. The van der Waals surface area contributed by atoms with Gasteiger partial charge in [0.25, 0.3) is 0 Å². The summed E-state index contributed by atoms with van der Waals surface area (Å²) >= 11 is 0. The van der Waals surface area contributed by atoms with Gasteiger partial charge in [0.1, 0.15) is 11.3 Å². The summed E-state index contributed by atoms with van der Waals surface area (Å²) in [4.78, 5) is 16.3. The zero-order valence-corrected chi connectivity index (χ0v) is 16.1. The second kappa shape index (κ2) is 9.43. The van der Waals surface area contributed by atoms with Crippen LogP contribution in [0.2, 0.25) is 0 Å². The molecular formula is C19H29N3O4. The number of nitrogens with zero attached hydrogens (tertiary/aromatic N) is 1. The lowest BCUT2D eigenvalue weighted by molar-refractivity contribution is 0.0242. The van der Waals surface area contributed by atoms with E-state index in [1.165, 1.54) is 14.2 Å². The molecule has 0 spiro atoms. The van der Waals surface area contributed by atoms with Crippen molar-refractivity contribution in [2.45, 2.75) is 38.8 Å². The Morgan fingerprint density at radius 3 is 2.77 bits per heavy atom. The Morgan fingerprint density at radius 1 is 1.35 bits per heavy atom. The number of methoxy groups -OCH3 is 2. The van der Waals surface area contributed by atoms with Crippen LogP contribution in [0.5, 0.6) is 5.75 Å². The molecule has 1 fully saturated rings. The number of carbonyl (C=O) groups is 1. The van der Waals surface area contributed by atoms with Crippen molar-refractivity contribution in [3.05, 3.63) is 29.3 Å². The van der Waals surface area contributed by atoms with Crippen LogP contribution in [0.4, 0.5) is 0 Å². The lowest BCUT2D eigenvalue weighted by Crippen LogP contribution is -2.45. The molecule has 1 aromatic rings. The largest absolute Gasteiger partial charge is 0.496 e. The molecule has 0 bridgehead atoms. The summed E-state index contributed by atoms with van der Waals surface area (Å²) in [5.74, 6) is 0.798. The SMILES string of the molecule is CCNC(=NCc1ccc(C(=O)OC)c(OC)c1)NCC1(C)CCCO1. The average molecular weight is 363 g/mol. The Kier molecular flexibility index (Phi) is 7.26. The summed E-state index contributed by atoms with van der Waals surface area (Å²) in [6.07, 6.45) is 2.14. The fraction of sp³-hybridized carbons (Fsp3) is 0.579. The van der Waals surface area contributed by atoms with Crippen LogP contribution < -0.4 is 15.4 Å². The van der Waals surface area contributed by atoms with E-state index in [-0.39, 0.29) is 5.60 Å². The smallest absolute Gasteiger partial charge is 0.341 e. The van der Waals surface area contributed by atoms with Crippen LogP contribution >= 0.6 is 0 Å². The van der Waals surface area contributed by atoms with Crippen LogP contribution in [0.15, 0.2) is 23.2 Å². The van der Waals surface area contributed by atoms with E-state index in [1.807, 2.05) is 13.0 Å². The molecule has 26 heavy (non-hydrogen) atoms. The second-order valence-electron chi connectivity index (χ2n) is 6.48. The van der Waals surface area contributed by atoms with Crippen LogP contribution in [-0.4, -0.2) is 51.4 Å². The van der Waals surface area contributed by atoms with Crippen molar-refractivity contribution in [2.75, 3.05) is 33.9 Å². The van der Waals surface area contributed by atoms with Crippen molar-refractivity contribution in [1.29, 1.82) is 0 Å². The van der Waals surface area contributed by atoms with Gasteiger partial charge in [0.05, 0.1) is 26.4 Å². The molecule has 0 aliphatic carbocycles. The summed E-state index contributed by atoms with van der Waals surface area (Å²) in [5.41, 5.74) is 1.20. The van der Waals surface area contributed by atoms with E-state index in [0.29, 0.717) is 24.4 Å². The third-order valence-corrected chi connectivity index (χ3v) is 4.37. The van der Waals surface area contributed by atoms with E-state index < -0.39 is 5.97 Å². The molecule has 1 aromatic carbocycles. The first-order chi connectivity index (χ1) is 12.5. The predicted molar refractivity (Wildman–Crippen MR) is 101 cm³/mol. The Hall–Kier alpha value is -2.28. The molecule has 0 saturated carbocycles. The fourth-order valence-electron chi connectivity index (χ4n) is 2.87. The summed E-state index contributed by atoms with van der Waals surface area (Å²) in [6, 6.07) is 5.35. The highest BCUT2D eigenvalue weighted by Gasteiger charge is 2.29. The Morgan fingerprint density at radius 2 is 2.15 bits per heavy atom. The number of hydrogen-bond acceptors (Lipinski definition) is 5. The fourth-order valence-corrected chi connectivity index (χ4v) is 2.87. The number of hydrogen-bond donors (Lipinski definition) is 2. The van der Waals surface area contributed by atoms with E-state index in [9.17, 15) is 4.79 Å². The molecule has 1 heterocycles. The van der Waals surface area contributed by atoms with Gasteiger partial charge < -0.3 is 24.8 Å². The van der Waals surface area contributed by atoms with Crippen molar-refractivity contribution in [1.82, 2.24) is 10.6 Å². The van der Waals surface area contributed by atoms with E-state index in [0.717, 1.165) is 37.5 Å². The Bertz CT molecular complexity index is 640. The first-order valence-electron chi connectivity index (χ1n) is 8.92. The topological polar surface area (TPSA) is 81.2 Å². The lowest BCUT2D eigenvalue weighted by atomic mass is 10.0. The number of aliphatic imine (C=N–C) groups is 1. The standard InChI is InChI=1S/C19H29N3O4/c1-5-20-18(22-13-19(2)9-6-10-26-19)21-12-14-7-8-15(17(23)25-4)16(11-14)24-3/h7-8,11H,5-6,9-10,12-13H2,1-4H3,(H2,20,21,22). The number of guanidine groups is 1. The Labute approximate surface area is 155 Å². The number of benzene rings is 1. The lowest BCUT2D eigenvalue weighted by Gasteiger charge is -2.24. The molecule has 0 aromatic heterocycles. The first kappa shape index (κ1) is 20.0. The molecule has 144 valence electrons. The molecule has 0 radical (unpaired) electrons. The maximum atomic E-state index is 11.7. The zero-order chi connectivity index (χ0) is 19.0. The number of rotatable bonds is 7. The summed E-state index contributed by atoms with van der Waals surface area (Å²) in [5, 5.41) is 6.59. The molecule has 1 aliphatic rings. The van der Waals surface area contributed by atoms with Gasteiger partial charge in [-0.15, -0.1) is 0 Å². The summed E-state index contributed by atoms with van der Waals surface area (Å²) in [6.45, 7) is 6.91. The van der Waals surface area contributed by atoms with Crippen LogP contribution in [0.1, 0.15) is 42.6 Å². The van der Waals surface area contributed by atoms with Gasteiger partial charge in [-0.1, -0.05) is 6.07 Å². The molecule has 1 saturated heterocycles. The molecule has 1 atom stereocenters. The molecule has 7 heteroatoms. The third kappa shape index (κ3) is 5.36. The second-order valence-corrected chi connectivity index (χ2v) is 6.48. The predicted octanol–water partition coefficient (Wildman–Crippen LogP) is 2.11. The normalized spacial score (nSPS) is 19.9. The van der Waals surface area contributed by atoms with Crippen molar-refractivity contribution in [2.24, 2.45) is 4.99 Å². The van der Waals surface area contributed by atoms with Gasteiger partial charge in [0, 0.05) is 19.7 Å². The van der Waals surface area contributed by atoms with Crippen molar-refractivity contribution in [3.8, 4) is 5.75 Å². The molecule has 1 aliphatic heterocycles. The molecule has 0 amide bonds. The first-order valence-corrected chi connectivity index (χ1v) is 8.92. The van der Waals surface area contributed by atoms with Gasteiger partial charge in [-0.3, -0.25) is 0 Å². The van der Waals surface area contributed by atoms with Crippen LogP contribution in [0.25, 0.3) is 0 Å². The summed E-state index contributed by atoms with van der Waals surface area (Å²) in [7, 11) is 2.88. The molecule has 2 rings (SSSR count). The van der Waals surface area contributed by atoms with Gasteiger partial charge in [-0.2, -0.15) is 0 Å². The maximum Gasteiger partial charge on any atom is 0.341 e. The quantitative estimate of drug-likeness (QED) is 0.439. The highest BCUT2D eigenvalue weighted by molar-refractivity contribution is 5.92. The maximum absolute atomic E-state index is 11.7. The van der Waals surface area contributed by atoms with Gasteiger partial charge in [-0.05, 0) is 44.4 Å². The molecule has 7 nitrogen and oxygen atoms in total. The van der Waals surface area contributed by atoms with E-state index in [1.54, 1.807) is 12.1 Å². The number of esters is 1. The highest BCUT2D eigenvalue weighted by atomic mass is 16.5.